The molecule has 1 unspecified atom stereocenters. The lowest BCUT2D eigenvalue weighted by molar-refractivity contribution is 0.210. The van der Waals surface area contributed by atoms with Crippen LogP contribution in [0.5, 0.6) is 0 Å². The standard InChI is InChI=1S/C23H32N4O.CH4O/c1-7-17(5)27-14-16(4)22-21(27)11-10-20(25-22)18-8-9-19(15(2)3)26-23(18)24-12-13-28-6;1-2/h8-11,14-15,17H,7,12-13H2,1-6H3,(H,24,26);2H,1H3. The van der Waals surface area contributed by atoms with Crippen molar-refractivity contribution in [3.05, 3.63) is 41.7 Å². The lowest BCUT2D eigenvalue weighted by Gasteiger charge is -2.15. The maximum absolute atomic E-state index is 7.00. The van der Waals surface area contributed by atoms with E-state index in [9.17, 15) is 0 Å². The van der Waals surface area contributed by atoms with E-state index in [0.29, 0.717) is 25.1 Å². The molecule has 0 spiro atoms. The van der Waals surface area contributed by atoms with E-state index < -0.39 is 0 Å². The van der Waals surface area contributed by atoms with Crippen LogP contribution in [0, 0.1) is 6.92 Å². The number of aryl methyl sites for hydroxylation is 1. The van der Waals surface area contributed by atoms with Crippen LogP contribution in [0.2, 0.25) is 0 Å². The minimum Gasteiger partial charge on any atom is -0.400 e. The molecule has 164 valence electrons. The number of rotatable bonds is 8. The maximum atomic E-state index is 7.00. The second-order valence-electron chi connectivity index (χ2n) is 7.75. The van der Waals surface area contributed by atoms with Gasteiger partial charge >= 0.3 is 0 Å². The molecular formula is C24H36N4O2. The number of hydrogen-bond donors (Lipinski definition) is 2. The fourth-order valence-corrected chi connectivity index (χ4v) is 3.41. The van der Waals surface area contributed by atoms with Crippen molar-refractivity contribution in [1.82, 2.24) is 14.5 Å². The van der Waals surface area contributed by atoms with E-state index in [1.165, 1.54) is 11.1 Å². The second-order valence-corrected chi connectivity index (χ2v) is 7.75. The van der Waals surface area contributed by atoms with Crippen LogP contribution in [0.4, 0.5) is 5.82 Å². The van der Waals surface area contributed by atoms with Gasteiger partial charge < -0.3 is 19.7 Å². The van der Waals surface area contributed by atoms with Crippen LogP contribution in [0.25, 0.3) is 22.3 Å². The third-order valence-corrected chi connectivity index (χ3v) is 5.31. The van der Waals surface area contributed by atoms with Gasteiger partial charge in [-0.15, -0.1) is 0 Å². The van der Waals surface area contributed by atoms with E-state index >= 15 is 0 Å². The molecule has 3 heterocycles. The number of nitrogens with one attached hydrogen (secondary N) is 1. The summed E-state index contributed by atoms with van der Waals surface area (Å²) in [6, 6.07) is 8.99. The summed E-state index contributed by atoms with van der Waals surface area (Å²) in [5, 5.41) is 10.4. The predicted octanol–water partition coefficient (Wildman–Crippen LogP) is 5.17. The van der Waals surface area contributed by atoms with Gasteiger partial charge in [-0.25, -0.2) is 9.97 Å². The first-order chi connectivity index (χ1) is 14.5. The molecule has 0 saturated carbocycles. The highest BCUT2D eigenvalue weighted by atomic mass is 16.5. The van der Waals surface area contributed by atoms with Crippen LogP contribution in [0.3, 0.4) is 0 Å². The highest BCUT2D eigenvalue weighted by Crippen LogP contribution is 2.31. The van der Waals surface area contributed by atoms with Gasteiger partial charge in [0.05, 0.1) is 23.3 Å². The minimum absolute atomic E-state index is 0.374. The van der Waals surface area contributed by atoms with Gasteiger partial charge in [-0.05, 0) is 56.0 Å². The van der Waals surface area contributed by atoms with E-state index in [1.807, 2.05) is 0 Å². The largest absolute Gasteiger partial charge is 0.400 e. The van der Waals surface area contributed by atoms with E-state index in [-0.39, 0.29) is 0 Å². The zero-order valence-corrected chi connectivity index (χ0v) is 19.4. The highest BCUT2D eigenvalue weighted by Gasteiger charge is 2.15. The van der Waals surface area contributed by atoms with Crippen molar-refractivity contribution in [2.24, 2.45) is 0 Å². The fraction of sp³-hybridized carbons (Fsp3) is 0.500. The molecule has 0 amide bonds. The predicted molar refractivity (Wildman–Crippen MR) is 125 cm³/mol. The Bertz CT molecular complexity index is 950. The molecule has 0 aliphatic heterocycles. The summed E-state index contributed by atoms with van der Waals surface area (Å²) in [6.07, 6.45) is 3.31. The van der Waals surface area contributed by atoms with Crippen molar-refractivity contribution in [2.75, 3.05) is 32.7 Å². The lowest BCUT2D eigenvalue weighted by Crippen LogP contribution is -2.11. The van der Waals surface area contributed by atoms with Crippen molar-refractivity contribution >= 4 is 16.9 Å². The molecule has 0 bridgehead atoms. The van der Waals surface area contributed by atoms with E-state index in [4.69, 9.17) is 19.8 Å². The summed E-state index contributed by atoms with van der Waals surface area (Å²) in [6.45, 7) is 12.3. The van der Waals surface area contributed by atoms with Gasteiger partial charge in [0.2, 0.25) is 0 Å². The van der Waals surface area contributed by atoms with Gasteiger partial charge in [-0.1, -0.05) is 20.8 Å². The normalized spacial score (nSPS) is 12.0. The van der Waals surface area contributed by atoms with Crippen LogP contribution in [-0.4, -0.2) is 47.0 Å². The maximum Gasteiger partial charge on any atom is 0.135 e. The Hall–Kier alpha value is -2.44. The molecule has 3 rings (SSSR count). The van der Waals surface area contributed by atoms with Gasteiger partial charge in [0.1, 0.15) is 5.82 Å². The van der Waals surface area contributed by atoms with Gasteiger partial charge in [0, 0.05) is 44.3 Å². The molecule has 6 nitrogen and oxygen atoms in total. The average Bonchev–Trinajstić information content (AvgIpc) is 3.10. The molecule has 0 aromatic carbocycles. The molecule has 3 aromatic rings. The molecule has 1 atom stereocenters. The first kappa shape index (κ1) is 23.8. The zero-order chi connectivity index (χ0) is 22.3. The number of ether oxygens (including phenoxy) is 1. The molecule has 2 N–H and O–H groups in total. The SMILES string of the molecule is CCC(C)n1cc(C)c2nc(-c3ccc(C(C)C)nc3NCCOC)ccc21.CO. The van der Waals surface area contributed by atoms with E-state index in [1.54, 1.807) is 7.11 Å². The van der Waals surface area contributed by atoms with Crippen molar-refractivity contribution in [3.8, 4) is 11.3 Å². The monoisotopic (exact) mass is 412 g/mol. The molecule has 0 radical (unpaired) electrons. The molecule has 0 aliphatic carbocycles. The Morgan fingerprint density at radius 3 is 2.47 bits per heavy atom. The summed E-state index contributed by atoms with van der Waals surface area (Å²) in [7, 11) is 2.71. The van der Waals surface area contributed by atoms with Crippen molar-refractivity contribution in [2.45, 2.75) is 53.0 Å². The third kappa shape index (κ3) is 5.18. The van der Waals surface area contributed by atoms with Crippen molar-refractivity contribution in [1.29, 1.82) is 0 Å². The Morgan fingerprint density at radius 2 is 1.83 bits per heavy atom. The van der Waals surface area contributed by atoms with Crippen molar-refractivity contribution < 1.29 is 9.84 Å². The first-order valence-electron chi connectivity index (χ1n) is 10.6. The number of aromatic nitrogens is 3. The minimum atomic E-state index is 0.374. The molecule has 0 fully saturated rings. The summed E-state index contributed by atoms with van der Waals surface area (Å²) in [4.78, 5) is 9.87. The molecule has 0 saturated heterocycles. The quantitative estimate of drug-likeness (QED) is 0.500. The summed E-state index contributed by atoms with van der Waals surface area (Å²) in [5.41, 5.74) is 6.50. The van der Waals surface area contributed by atoms with E-state index in [2.05, 4.69) is 75.0 Å². The summed E-state index contributed by atoms with van der Waals surface area (Å²) >= 11 is 0. The Balaban J connectivity index is 0.00000155. The number of aliphatic hydroxyl groups excluding tert-OH is 1. The number of anilines is 1. The Morgan fingerprint density at radius 1 is 1.10 bits per heavy atom. The van der Waals surface area contributed by atoms with Crippen LogP contribution < -0.4 is 5.32 Å². The topological polar surface area (TPSA) is 72.2 Å². The number of hydrogen-bond acceptors (Lipinski definition) is 5. The number of pyridine rings is 2. The van der Waals surface area contributed by atoms with Crippen LogP contribution in [0.1, 0.15) is 57.3 Å². The third-order valence-electron chi connectivity index (χ3n) is 5.31. The summed E-state index contributed by atoms with van der Waals surface area (Å²) < 4.78 is 7.52. The molecule has 6 heteroatoms. The van der Waals surface area contributed by atoms with Crippen LogP contribution in [-0.2, 0) is 4.74 Å². The molecule has 3 aromatic heterocycles. The molecule has 30 heavy (non-hydrogen) atoms. The van der Waals surface area contributed by atoms with Gasteiger partial charge in [-0.2, -0.15) is 0 Å². The Kier molecular flexibility index (Phi) is 8.81. The number of nitrogens with zero attached hydrogens (tertiary/aromatic N) is 3. The average molecular weight is 413 g/mol. The zero-order valence-electron chi connectivity index (χ0n) is 19.4. The molecular weight excluding hydrogens is 376 g/mol. The number of fused-ring (bicyclic) bond motifs is 1. The Labute approximate surface area is 180 Å². The smallest absolute Gasteiger partial charge is 0.135 e. The van der Waals surface area contributed by atoms with Gasteiger partial charge in [0.25, 0.3) is 0 Å². The van der Waals surface area contributed by atoms with Crippen molar-refractivity contribution in [3.63, 3.8) is 0 Å². The summed E-state index contributed by atoms with van der Waals surface area (Å²) in [5.74, 6) is 1.24. The van der Waals surface area contributed by atoms with Gasteiger partial charge in [-0.3, -0.25) is 0 Å². The van der Waals surface area contributed by atoms with Crippen LogP contribution >= 0.6 is 0 Å². The van der Waals surface area contributed by atoms with E-state index in [0.717, 1.165) is 41.8 Å². The molecule has 0 aliphatic rings. The van der Waals surface area contributed by atoms with Gasteiger partial charge in [0.15, 0.2) is 0 Å². The number of aliphatic hydroxyl groups is 1. The lowest BCUT2D eigenvalue weighted by atomic mass is 10.1. The number of methoxy groups -OCH3 is 1. The second kappa shape index (κ2) is 11.1. The van der Waals surface area contributed by atoms with Crippen LogP contribution in [0.15, 0.2) is 30.5 Å². The highest BCUT2D eigenvalue weighted by molar-refractivity contribution is 5.84. The first-order valence-corrected chi connectivity index (χ1v) is 10.6. The fourth-order valence-electron chi connectivity index (χ4n) is 3.41.